The van der Waals surface area contributed by atoms with Crippen LogP contribution in [0.5, 0.6) is 0 Å². The SMILES string of the molecule is Cc1ccc(C)n1-c1c(C(=O)Nc2ccccc2)cccc1C(=O)N1CCC(F)(F)C(=CC(=O)C(=O)NC(C)C)c2ccccc21. The Kier molecular flexibility index (Phi) is 9.00. The average molecular weight is 625 g/mol. The van der Waals surface area contributed by atoms with Crippen LogP contribution in [0.4, 0.5) is 20.2 Å². The van der Waals surface area contributed by atoms with E-state index in [1.54, 1.807) is 66.9 Å². The molecule has 1 aliphatic rings. The molecule has 1 aromatic heterocycles. The Balaban J connectivity index is 1.64. The summed E-state index contributed by atoms with van der Waals surface area (Å²) in [7, 11) is 0. The predicted octanol–water partition coefficient (Wildman–Crippen LogP) is 6.51. The minimum absolute atomic E-state index is 0.0445. The predicted molar refractivity (Wildman–Crippen MR) is 174 cm³/mol. The molecule has 0 bridgehead atoms. The van der Waals surface area contributed by atoms with Crippen LogP contribution in [0.3, 0.4) is 0 Å². The van der Waals surface area contributed by atoms with Gasteiger partial charge in [0.1, 0.15) is 0 Å². The lowest BCUT2D eigenvalue weighted by Gasteiger charge is -2.25. The van der Waals surface area contributed by atoms with Gasteiger partial charge < -0.3 is 20.1 Å². The van der Waals surface area contributed by atoms with Crippen LogP contribution >= 0.6 is 0 Å². The van der Waals surface area contributed by atoms with Crippen LogP contribution < -0.4 is 15.5 Å². The van der Waals surface area contributed by atoms with E-state index in [0.717, 1.165) is 11.4 Å². The number of fused-ring (bicyclic) bond motifs is 1. The maximum absolute atomic E-state index is 15.8. The zero-order chi connectivity index (χ0) is 33.2. The number of nitrogens with zero attached hydrogens (tertiary/aromatic N) is 2. The van der Waals surface area contributed by atoms with Crippen LogP contribution in [0.1, 0.15) is 57.9 Å². The van der Waals surface area contributed by atoms with Gasteiger partial charge in [-0.2, -0.15) is 0 Å². The lowest BCUT2D eigenvalue weighted by molar-refractivity contribution is -0.135. The molecular formula is C36H34F2N4O4. The third-order valence-corrected chi connectivity index (χ3v) is 7.73. The molecule has 3 aromatic carbocycles. The number of alkyl halides is 2. The quantitative estimate of drug-likeness (QED) is 0.181. The summed E-state index contributed by atoms with van der Waals surface area (Å²) >= 11 is 0. The van der Waals surface area contributed by atoms with Crippen molar-refractivity contribution in [3.63, 3.8) is 0 Å². The molecule has 2 heterocycles. The zero-order valence-electron chi connectivity index (χ0n) is 25.9. The largest absolute Gasteiger partial charge is 0.347 e. The number of carbonyl (C=O) groups excluding carboxylic acids is 4. The van der Waals surface area contributed by atoms with Crippen LogP contribution in [0.2, 0.25) is 0 Å². The molecule has 236 valence electrons. The number of aromatic nitrogens is 1. The summed E-state index contributed by atoms with van der Waals surface area (Å²) in [6.07, 6.45) is -0.138. The number of anilines is 2. The van der Waals surface area contributed by atoms with E-state index in [4.69, 9.17) is 0 Å². The number of carbonyl (C=O) groups is 4. The van der Waals surface area contributed by atoms with Crippen molar-refractivity contribution in [3.05, 3.63) is 119 Å². The molecule has 3 amide bonds. The van der Waals surface area contributed by atoms with Crippen LogP contribution in [0.15, 0.2) is 91.0 Å². The minimum atomic E-state index is -3.53. The smallest absolute Gasteiger partial charge is 0.291 e. The van der Waals surface area contributed by atoms with Crippen LogP contribution in [-0.2, 0) is 9.59 Å². The number of para-hydroxylation sites is 3. The number of ketones is 1. The topological polar surface area (TPSA) is 101 Å². The number of allylic oxidation sites excluding steroid dienone is 1. The first kappa shape index (κ1) is 32.0. The molecule has 0 unspecified atom stereocenters. The van der Waals surface area contributed by atoms with Gasteiger partial charge in [0.05, 0.1) is 22.5 Å². The number of aryl methyl sites for hydroxylation is 2. The van der Waals surface area contributed by atoms with Crippen molar-refractivity contribution in [2.45, 2.75) is 46.1 Å². The summed E-state index contributed by atoms with van der Waals surface area (Å²) in [5.41, 5.74) is 2.21. The van der Waals surface area contributed by atoms with E-state index in [1.165, 1.54) is 23.1 Å². The van der Waals surface area contributed by atoms with Crippen molar-refractivity contribution in [1.82, 2.24) is 9.88 Å². The van der Waals surface area contributed by atoms with Crippen molar-refractivity contribution in [1.29, 1.82) is 0 Å². The van der Waals surface area contributed by atoms with Gasteiger partial charge in [-0.05, 0) is 70.2 Å². The minimum Gasteiger partial charge on any atom is -0.347 e. The summed E-state index contributed by atoms with van der Waals surface area (Å²) in [6.45, 7) is 6.61. The van der Waals surface area contributed by atoms with Gasteiger partial charge in [-0.1, -0.05) is 42.5 Å². The van der Waals surface area contributed by atoms with Crippen molar-refractivity contribution >= 4 is 40.5 Å². The first-order valence-corrected chi connectivity index (χ1v) is 14.9. The molecule has 0 atom stereocenters. The number of rotatable bonds is 7. The van der Waals surface area contributed by atoms with Gasteiger partial charge >= 0.3 is 0 Å². The standard InChI is InChI=1S/C36H34F2N4O4/c1-22(2)39-34(45)31(43)21-29-26-13-8-9-16-30(26)41(20-19-36(29,37)38)35(46)28-15-10-14-27(32(28)42-23(3)17-18-24(42)4)33(44)40-25-11-6-5-7-12-25/h5-18,21-22H,19-20H2,1-4H3,(H,39,45)(H,40,44). The molecular weight excluding hydrogens is 590 g/mol. The number of hydrogen-bond acceptors (Lipinski definition) is 4. The molecule has 4 aromatic rings. The summed E-state index contributed by atoms with van der Waals surface area (Å²) in [6, 6.07) is 23.1. The second-order valence-corrected chi connectivity index (χ2v) is 11.5. The van der Waals surface area contributed by atoms with E-state index in [9.17, 15) is 19.2 Å². The molecule has 10 heteroatoms. The maximum Gasteiger partial charge on any atom is 0.291 e. The van der Waals surface area contributed by atoms with Gasteiger partial charge in [0.25, 0.3) is 23.6 Å². The van der Waals surface area contributed by atoms with Crippen molar-refractivity contribution in [2.75, 3.05) is 16.8 Å². The van der Waals surface area contributed by atoms with Crippen molar-refractivity contribution in [2.24, 2.45) is 0 Å². The fourth-order valence-electron chi connectivity index (χ4n) is 5.59. The molecule has 0 aliphatic carbocycles. The van der Waals surface area contributed by atoms with Crippen molar-refractivity contribution in [3.8, 4) is 5.69 Å². The molecule has 2 N–H and O–H groups in total. The molecule has 0 spiro atoms. The number of amides is 3. The summed E-state index contributed by atoms with van der Waals surface area (Å²) < 4.78 is 33.3. The zero-order valence-corrected chi connectivity index (χ0v) is 25.9. The van der Waals surface area contributed by atoms with E-state index in [0.29, 0.717) is 17.5 Å². The number of nitrogens with one attached hydrogen (secondary N) is 2. The van der Waals surface area contributed by atoms with E-state index in [2.05, 4.69) is 10.6 Å². The van der Waals surface area contributed by atoms with Gasteiger partial charge in [-0.25, -0.2) is 8.78 Å². The third-order valence-electron chi connectivity index (χ3n) is 7.73. The third kappa shape index (κ3) is 6.37. The van der Waals surface area contributed by atoms with E-state index in [-0.39, 0.29) is 28.4 Å². The molecule has 0 saturated carbocycles. The summed E-state index contributed by atoms with van der Waals surface area (Å²) in [4.78, 5) is 54.5. The maximum atomic E-state index is 15.8. The highest BCUT2D eigenvalue weighted by molar-refractivity contribution is 6.42. The second kappa shape index (κ2) is 12.9. The Morgan fingerprint density at radius 2 is 1.46 bits per heavy atom. The molecule has 0 saturated heterocycles. The van der Waals surface area contributed by atoms with Crippen molar-refractivity contribution < 1.29 is 28.0 Å². The fraction of sp³-hybridized carbons (Fsp3) is 0.222. The molecule has 1 aliphatic heterocycles. The summed E-state index contributed by atoms with van der Waals surface area (Å²) in [5.74, 6) is -6.70. The lowest BCUT2D eigenvalue weighted by atomic mass is 9.96. The van der Waals surface area contributed by atoms with E-state index >= 15 is 8.78 Å². The molecule has 8 nitrogen and oxygen atoms in total. The molecule has 0 radical (unpaired) electrons. The second-order valence-electron chi connectivity index (χ2n) is 11.5. The van der Waals surface area contributed by atoms with Gasteiger partial charge in [0, 0.05) is 53.3 Å². The highest BCUT2D eigenvalue weighted by atomic mass is 19.3. The normalized spacial score (nSPS) is 14.8. The molecule has 5 rings (SSSR count). The van der Waals surface area contributed by atoms with Gasteiger partial charge in [0.2, 0.25) is 5.78 Å². The Labute approximate surface area is 265 Å². The van der Waals surface area contributed by atoms with E-state index in [1.807, 2.05) is 32.0 Å². The Morgan fingerprint density at radius 3 is 2.13 bits per heavy atom. The van der Waals surface area contributed by atoms with Crippen LogP contribution in [0, 0.1) is 13.8 Å². The number of benzene rings is 3. The lowest BCUT2D eigenvalue weighted by Crippen LogP contribution is -2.35. The number of hydrogen-bond donors (Lipinski definition) is 2. The first-order valence-electron chi connectivity index (χ1n) is 14.9. The Bertz CT molecular complexity index is 1840. The van der Waals surface area contributed by atoms with Crippen LogP contribution in [0.25, 0.3) is 11.3 Å². The highest BCUT2D eigenvalue weighted by Gasteiger charge is 2.42. The Morgan fingerprint density at radius 1 is 0.826 bits per heavy atom. The van der Waals surface area contributed by atoms with Gasteiger partial charge in [-0.15, -0.1) is 0 Å². The fourth-order valence-corrected chi connectivity index (χ4v) is 5.59. The summed E-state index contributed by atoms with van der Waals surface area (Å²) in [5, 5.41) is 5.31. The number of halogens is 2. The monoisotopic (exact) mass is 624 g/mol. The highest BCUT2D eigenvalue weighted by Crippen LogP contribution is 2.43. The molecule has 0 fully saturated rings. The van der Waals surface area contributed by atoms with Gasteiger partial charge in [-0.3, -0.25) is 19.2 Å². The van der Waals surface area contributed by atoms with E-state index < -0.39 is 48.0 Å². The Hall–Kier alpha value is -5.38. The first-order chi connectivity index (χ1) is 21.9. The molecule has 46 heavy (non-hydrogen) atoms. The van der Waals surface area contributed by atoms with Crippen LogP contribution in [-0.4, -0.2) is 46.6 Å². The van der Waals surface area contributed by atoms with Gasteiger partial charge in [0.15, 0.2) is 0 Å². The average Bonchev–Trinajstić information content (AvgIpc) is 3.30.